The van der Waals surface area contributed by atoms with Gasteiger partial charge in [-0.1, -0.05) is 30.0 Å². The number of fused-ring (bicyclic) bond motifs is 3. The lowest BCUT2D eigenvalue weighted by molar-refractivity contribution is 0.255. The molecule has 0 saturated heterocycles. The van der Waals surface area contributed by atoms with Crippen LogP contribution in [0.3, 0.4) is 0 Å². The number of benzene rings is 1. The molecule has 0 amide bonds. The van der Waals surface area contributed by atoms with E-state index in [4.69, 9.17) is 9.15 Å². The molecular weight excluding hydrogens is 336 g/mol. The molecule has 2 aromatic heterocycles. The third-order valence-corrected chi connectivity index (χ3v) is 4.38. The van der Waals surface area contributed by atoms with E-state index in [1.165, 1.54) is 11.8 Å². The van der Waals surface area contributed by atoms with Gasteiger partial charge in [0.15, 0.2) is 11.9 Å². The third-order valence-electron chi connectivity index (χ3n) is 3.84. The number of aromatic nitrogens is 3. The van der Waals surface area contributed by atoms with Crippen LogP contribution >= 0.6 is 11.8 Å². The highest BCUT2D eigenvalue weighted by Gasteiger charge is 2.25. The Hall–Kier alpha value is -2.80. The van der Waals surface area contributed by atoms with Crippen LogP contribution in [0.4, 0.5) is 5.69 Å². The fourth-order valence-electron chi connectivity index (χ4n) is 2.61. The molecule has 25 heavy (non-hydrogen) atoms. The first kappa shape index (κ1) is 15.7. The van der Waals surface area contributed by atoms with Crippen molar-refractivity contribution in [1.82, 2.24) is 15.2 Å². The Morgan fingerprint density at radius 2 is 2.08 bits per heavy atom. The van der Waals surface area contributed by atoms with Crippen molar-refractivity contribution in [1.29, 1.82) is 0 Å². The van der Waals surface area contributed by atoms with Crippen molar-refractivity contribution in [3.05, 3.63) is 54.0 Å². The maximum absolute atomic E-state index is 6.14. The highest BCUT2D eigenvalue weighted by molar-refractivity contribution is 7.98. The molecule has 0 aliphatic carbocycles. The summed E-state index contributed by atoms with van der Waals surface area (Å²) in [6.07, 6.45) is 5.10. The summed E-state index contributed by atoms with van der Waals surface area (Å²) >= 11 is 1.43. The molecule has 6 nitrogen and oxygen atoms in total. The summed E-state index contributed by atoms with van der Waals surface area (Å²) in [6, 6.07) is 11.7. The standard InChI is InChI=1S/C18H16N4O2S/c1-11(10-12-6-5-9-23-12)16-19-14-8-4-3-7-13(14)15-17(24-16)20-18(25-2)22-21-15/h3-10,16,19H,1-2H3. The van der Waals surface area contributed by atoms with Crippen LogP contribution in [0.15, 0.2) is 57.8 Å². The van der Waals surface area contributed by atoms with Gasteiger partial charge < -0.3 is 14.5 Å². The Balaban J connectivity index is 1.79. The minimum Gasteiger partial charge on any atom is -0.465 e. The van der Waals surface area contributed by atoms with Gasteiger partial charge in [0.25, 0.3) is 0 Å². The molecular formula is C18H16N4O2S. The van der Waals surface area contributed by atoms with Crippen molar-refractivity contribution in [3.8, 4) is 17.1 Å². The molecule has 1 aliphatic heterocycles. The minimum atomic E-state index is -0.390. The number of anilines is 1. The van der Waals surface area contributed by atoms with Crippen LogP contribution in [0.2, 0.25) is 0 Å². The number of ether oxygens (including phenoxy) is 1. The minimum absolute atomic E-state index is 0.390. The van der Waals surface area contributed by atoms with Gasteiger partial charge in [0.05, 0.1) is 6.26 Å². The van der Waals surface area contributed by atoms with E-state index in [2.05, 4.69) is 20.5 Å². The van der Waals surface area contributed by atoms with Gasteiger partial charge in [-0.3, -0.25) is 0 Å². The molecule has 0 spiro atoms. The lowest BCUT2D eigenvalue weighted by Gasteiger charge is -2.19. The molecule has 126 valence electrons. The van der Waals surface area contributed by atoms with Gasteiger partial charge in [-0.25, -0.2) is 0 Å². The number of hydrogen-bond acceptors (Lipinski definition) is 7. The zero-order valence-corrected chi connectivity index (χ0v) is 14.6. The first-order chi connectivity index (χ1) is 12.2. The second kappa shape index (κ2) is 6.60. The summed E-state index contributed by atoms with van der Waals surface area (Å²) in [5, 5.41) is 12.5. The molecule has 0 bridgehead atoms. The number of para-hydroxylation sites is 1. The zero-order valence-electron chi connectivity index (χ0n) is 13.8. The molecule has 0 fully saturated rings. The predicted octanol–water partition coefficient (Wildman–Crippen LogP) is 4.09. The predicted molar refractivity (Wildman–Crippen MR) is 97.4 cm³/mol. The second-order valence-electron chi connectivity index (χ2n) is 5.54. The third kappa shape index (κ3) is 3.10. The van der Waals surface area contributed by atoms with Crippen molar-refractivity contribution < 1.29 is 9.15 Å². The Morgan fingerprint density at radius 1 is 1.20 bits per heavy atom. The normalized spacial score (nSPS) is 16.2. The van der Waals surface area contributed by atoms with E-state index in [-0.39, 0.29) is 6.23 Å². The maximum Gasteiger partial charge on any atom is 0.247 e. The van der Waals surface area contributed by atoms with Crippen LogP contribution < -0.4 is 10.1 Å². The van der Waals surface area contributed by atoms with Crippen LogP contribution in [0.25, 0.3) is 17.3 Å². The van der Waals surface area contributed by atoms with Crippen LogP contribution in [0.5, 0.6) is 5.88 Å². The molecule has 1 aromatic carbocycles. The van der Waals surface area contributed by atoms with Crippen molar-refractivity contribution in [2.45, 2.75) is 18.3 Å². The summed E-state index contributed by atoms with van der Waals surface area (Å²) in [5.41, 5.74) is 3.43. The summed E-state index contributed by atoms with van der Waals surface area (Å²) in [7, 11) is 0. The molecule has 1 atom stereocenters. The monoisotopic (exact) mass is 352 g/mol. The van der Waals surface area contributed by atoms with Crippen LogP contribution in [0, 0.1) is 0 Å². The molecule has 7 heteroatoms. The van der Waals surface area contributed by atoms with E-state index in [1.54, 1.807) is 6.26 Å². The first-order valence-electron chi connectivity index (χ1n) is 7.77. The average Bonchev–Trinajstić information content (AvgIpc) is 3.08. The van der Waals surface area contributed by atoms with Crippen molar-refractivity contribution in [3.63, 3.8) is 0 Å². The van der Waals surface area contributed by atoms with Crippen LogP contribution in [-0.4, -0.2) is 27.7 Å². The number of nitrogens with one attached hydrogen (secondary N) is 1. The van der Waals surface area contributed by atoms with Gasteiger partial charge in [0.2, 0.25) is 11.0 Å². The molecule has 4 rings (SSSR count). The smallest absolute Gasteiger partial charge is 0.247 e. The van der Waals surface area contributed by atoms with Crippen LogP contribution in [0.1, 0.15) is 12.7 Å². The summed E-state index contributed by atoms with van der Waals surface area (Å²) in [6.45, 7) is 1.98. The van der Waals surface area contributed by atoms with Gasteiger partial charge in [-0.2, -0.15) is 4.98 Å². The van der Waals surface area contributed by atoms with Crippen LogP contribution in [-0.2, 0) is 0 Å². The quantitative estimate of drug-likeness (QED) is 0.712. The highest BCUT2D eigenvalue weighted by Crippen LogP contribution is 2.37. The van der Waals surface area contributed by atoms with E-state index in [9.17, 15) is 0 Å². The Morgan fingerprint density at radius 3 is 2.88 bits per heavy atom. The SMILES string of the molecule is CSc1nnc2c(n1)OC(C(C)=Cc1ccco1)Nc1ccccc1-2. The topological polar surface area (TPSA) is 73.1 Å². The lowest BCUT2D eigenvalue weighted by atomic mass is 10.1. The van der Waals surface area contributed by atoms with Gasteiger partial charge in [0, 0.05) is 11.3 Å². The molecule has 0 saturated carbocycles. The van der Waals surface area contributed by atoms with E-state index >= 15 is 0 Å². The van der Waals surface area contributed by atoms with Gasteiger partial charge in [0.1, 0.15) is 5.76 Å². The summed E-state index contributed by atoms with van der Waals surface area (Å²) in [4.78, 5) is 4.50. The Labute approximate surface area is 149 Å². The number of nitrogens with zero attached hydrogens (tertiary/aromatic N) is 3. The fourth-order valence-corrected chi connectivity index (χ4v) is 2.91. The molecule has 1 aliphatic rings. The number of rotatable bonds is 3. The summed E-state index contributed by atoms with van der Waals surface area (Å²) in [5.74, 6) is 1.24. The molecule has 1 unspecified atom stereocenters. The average molecular weight is 352 g/mol. The van der Waals surface area contributed by atoms with Gasteiger partial charge in [-0.05, 0) is 43.0 Å². The number of thioether (sulfide) groups is 1. The number of furan rings is 1. The lowest BCUT2D eigenvalue weighted by Crippen LogP contribution is -2.27. The van der Waals surface area contributed by atoms with E-state index in [1.807, 2.05) is 55.7 Å². The van der Waals surface area contributed by atoms with E-state index < -0.39 is 0 Å². The zero-order chi connectivity index (χ0) is 17.2. The second-order valence-corrected chi connectivity index (χ2v) is 6.32. The molecule has 0 radical (unpaired) electrons. The van der Waals surface area contributed by atoms with E-state index in [0.717, 1.165) is 22.6 Å². The largest absolute Gasteiger partial charge is 0.465 e. The van der Waals surface area contributed by atoms with Crippen molar-refractivity contribution in [2.24, 2.45) is 0 Å². The number of hydrogen-bond donors (Lipinski definition) is 1. The molecule has 1 N–H and O–H groups in total. The first-order valence-corrected chi connectivity index (χ1v) is 9.00. The highest BCUT2D eigenvalue weighted by atomic mass is 32.2. The Bertz CT molecular complexity index is 925. The van der Waals surface area contributed by atoms with Crippen molar-refractivity contribution in [2.75, 3.05) is 11.6 Å². The van der Waals surface area contributed by atoms with Gasteiger partial charge >= 0.3 is 0 Å². The fraction of sp³-hybridized carbons (Fsp3) is 0.167. The van der Waals surface area contributed by atoms with Crippen molar-refractivity contribution >= 4 is 23.5 Å². The maximum atomic E-state index is 6.14. The van der Waals surface area contributed by atoms with Gasteiger partial charge in [-0.15, -0.1) is 10.2 Å². The Kier molecular flexibility index (Phi) is 4.15. The molecule has 3 aromatic rings. The molecule has 3 heterocycles. The van der Waals surface area contributed by atoms with E-state index in [0.29, 0.717) is 16.7 Å². The summed E-state index contributed by atoms with van der Waals surface area (Å²) < 4.78 is 11.5.